The van der Waals surface area contributed by atoms with Gasteiger partial charge in [-0.25, -0.2) is 0 Å². The lowest BCUT2D eigenvalue weighted by molar-refractivity contribution is 0.101. The first-order valence-electron chi connectivity index (χ1n) is 4.55. The van der Waals surface area contributed by atoms with Gasteiger partial charge in [0.25, 0.3) is 0 Å². The summed E-state index contributed by atoms with van der Waals surface area (Å²) in [5.41, 5.74) is 2.79. The van der Waals surface area contributed by atoms with E-state index in [9.17, 15) is 4.79 Å². The van der Waals surface area contributed by atoms with Crippen LogP contribution < -0.4 is 0 Å². The molecule has 0 aliphatic carbocycles. The van der Waals surface area contributed by atoms with Gasteiger partial charge in [0, 0.05) is 13.1 Å². The molecule has 1 rings (SSSR count). The maximum absolute atomic E-state index is 10.8. The molecular formula is C11H17NO. The van der Waals surface area contributed by atoms with Crippen LogP contribution in [0.2, 0.25) is 0 Å². The Morgan fingerprint density at radius 2 is 1.77 bits per heavy atom. The molecule has 0 saturated carbocycles. The van der Waals surface area contributed by atoms with E-state index < -0.39 is 0 Å². The van der Waals surface area contributed by atoms with Gasteiger partial charge in [-0.15, -0.1) is 0 Å². The fourth-order valence-corrected chi connectivity index (χ4v) is 0.817. The molecule has 1 aromatic rings. The van der Waals surface area contributed by atoms with Crippen molar-refractivity contribution in [2.45, 2.75) is 34.6 Å². The van der Waals surface area contributed by atoms with Gasteiger partial charge >= 0.3 is 0 Å². The van der Waals surface area contributed by atoms with Crippen LogP contribution in [0.1, 0.15) is 42.4 Å². The monoisotopic (exact) mass is 179 g/mol. The second kappa shape index (κ2) is 5.46. The van der Waals surface area contributed by atoms with Crippen LogP contribution in [0.4, 0.5) is 0 Å². The molecule has 0 radical (unpaired) electrons. The summed E-state index contributed by atoms with van der Waals surface area (Å²) in [7, 11) is 0. The molecule has 1 aromatic heterocycles. The van der Waals surface area contributed by atoms with Crippen molar-refractivity contribution >= 4 is 5.78 Å². The minimum atomic E-state index is 0.0214. The highest BCUT2D eigenvalue weighted by atomic mass is 16.1. The summed E-state index contributed by atoms with van der Waals surface area (Å²) in [6.07, 6.45) is 1.73. The summed E-state index contributed by atoms with van der Waals surface area (Å²) in [4.78, 5) is 14.8. The smallest absolute Gasteiger partial charge is 0.178 e. The number of carbonyl (C=O) groups is 1. The number of Topliss-reactive ketones (excluding diaryl/α,β-unsaturated/α-hetero) is 1. The van der Waals surface area contributed by atoms with E-state index in [2.05, 4.69) is 4.98 Å². The first kappa shape index (κ1) is 11.8. The Bertz CT molecular complexity index is 292. The molecule has 0 saturated heterocycles. The Balaban J connectivity index is 0.000000671. The number of aromatic nitrogens is 1. The Morgan fingerprint density at radius 3 is 2.15 bits per heavy atom. The van der Waals surface area contributed by atoms with Crippen LogP contribution in [-0.2, 0) is 0 Å². The largest absolute Gasteiger partial charge is 0.293 e. The maximum Gasteiger partial charge on any atom is 0.178 e. The molecule has 13 heavy (non-hydrogen) atoms. The van der Waals surface area contributed by atoms with E-state index in [1.807, 2.05) is 33.8 Å². The third-order valence-corrected chi connectivity index (χ3v) is 1.73. The first-order valence-corrected chi connectivity index (χ1v) is 4.55. The van der Waals surface area contributed by atoms with Crippen LogP contribution in [0.3, 0.4) is 0 Å². The number of rotatable bonds is 1. The standard InChI is InChI=1S/C9H11NO.C2H6/c1-6-4-9(8(3)11)10-5-7(6)2;1-2/h4-5H,1-3H3;1-2H3. The minimum absolute atomic E-state index is 0.0214. The topological polar surface area (TPSA) is 30.0 Å². The van der Waals surface area contributed by atoms with Crippen molar-refractivity contribution in [1.29, 1.82) is 0 Å². The van der Waals surface area contributed by atoms with E-state index in [4.69, 9.17) is 0 Å². The normalized spacial score (nSPS) is 8.69. The van der Waals surface area contributed by atoms with Gasteiger partial charge in [-0.1, -0.05) is 13.8 Å². The molecule has 0 fully saturated rings. The van der Waals surface area contributed by atoms with Gasteiger partial charge in [0.2, 0.25) is 0 Å². The summed E-state index contributed by atoms with van der Waals surface area (Å²) in [5.74, 6) is 0.0214. The van der Waals surface area contributed by atoms with Crippen molar-refractivity contribution in [3.63, 3.8) is 0 Å². The Hall–Kier alpha value is -1.18. The zero-order chi connectivity index (χ0) is 10.4. The molecule has 0 spiro atoms. The lowest BCUT2D eigenvalue weighted by atomic mass is 10.1. The third kappa shape index (κ3) is 3.36. The zero-order valence-electron chi connectivity index (χ0n) is 9.01. The van der Waals surface area contributed by atoms with Crippen LogP contribution in [0.25, 0.3) is 0 Å². The van der Waals surface area contributed by atoms with E-state index in [1.165, 1.54) is 6.92 Å². The van der Waals surface area contributed by atoms with Crippen molar-refractivity contribution in [3.8, 4) is 0 Å². The number of hydrogen-bond donors (Lipinski definition) is 0. The van der Waals surface area contributed by atoms with Gasteiger partial charge in [-0.2, -0.15) is 0 Å². The average molecular weight is 179 g/mol. The molecule has 0 amide bonds. The molecule has 1 heterocycles. The molecule has 0 bridgehead atoms. The highest BCUT2D eigenvalue weighted by Gasteiger charge is 2.01. The number of pyridine rings is 1. The van der Waals surface area contributed by atoms with Gasteiger partial charge in [0.15, 0.2) is 5.78 Å². The Kier molecular flexibility index (Phi) is 4.97. The van der Waals surface area contributed by atoms with Crippen molar-refractivity contribution in [2.75, 3.05) is 0 Å². The fraction of sp³-hybridized carbons (Fsp3) is 0.455. The lowest BCUT2D eigenvalue weighted by Gasteiger charge is -1.99. The van der Waals surface area contributed by atoms with Gasteiger partial charge in [-0.3, -0.25) is 9.78 Å². The maximum atomic E-state index is 10.8. The molecule has 0 aromatic carbocycles. The van der Waals surface area contributed by atoms with E-state index in [-0.39, 0.29) is 5.78 Å². The predicted octanol–water partition coefficient (Wildman–Crippen LogP) is 2.93. The Labute approximate surface area is 80.0 Å². The number of nitrogens with zero attached hydrogens (tertiary/aromatic N) is 1. The van der Waals surface area contributed by atoms with Crippen LogP contribution in [-0.4, -0.2) is 10.8 Å². The van der Waals surface area contributed by atoms with Crippen molar-refractivity contribution in [1.82, 2.24) is 4.98 Å². The number of hydrogen-bond acceptors (Lipinski definition) is 2. The summed E-state index contributed by atoms with van der Waals surface area (Å²) < 4.78 is 0. The highest BCUT2D eigenvalue weighted by Crippen LogP contribution is 2.06. The van der Waals surface area contributed by atoms with E-state index in [0.717, 1.165) is 11.1 Å². The van der Waals surface area contributed by atoms with Gasteiger partial charge in [0.1, 0.15) is 5.69 Å². The number of ketones is 1. The minimum Gasteiger partial charge on any atom is -0.293 e. The van der Waals surface area contributed by atoms with Crippen molar-refractivity contribution in [3.05, 3.63) is 29.1 Å². The van der Waals surface area contributed by atoms with Gasteiger partial charge in [0.05, 0.1) is 0 Å². The van der Waals surface area contributed by atoms with E-state index >= 15 is 0 Å². The van der Waals surface area contributed by atoms with Crippen LogP contribution in [0.15, 0.2) is 12.3 Å². The molecule has 0 unspecified atom stereocenters. The highest BCUT2D eigenvalue weighted by molar-refractivity contribution is 5.92. The summed E-state index contributed by atoms with van der Waals surface area (Å²) in [5, 5.41) is 0. The average Bonchev–Trinajstić information content (AvgIpc) is 2.13. The van der Waals surface area contributed by atoms with Crippen molar-refractivity contribution < 1.29 is 4.79 Å². The molecule has 0 N–H and O–H groups in total. The van der Waals surface area contributed by atoms with Crippen LogP contribution in [0.5, 0.6) is 0 Å². The number of carbonyl (C=O) groups excluding carboxylic acids is 1. The van der Waals surface area contributed by atoms with Crippen molar-refractivity contribution in [2.24, 2.45) is 0 Å². The summed E-state index contributed by atoms with van der Waals surface area (Å²) in [6, 6.07) is 1.82. The van der Waals surface area contributed by atoms with Gasteiger partial charge in [-0.05, 0) is 31.0 Å². The van der Waals surface area contributed by atoms with E-state index in [0.29, 0.717) is 5.69 Å². The fourth-order valence-electron chi connectivity index (χ4n) is 0.817. The molecule has 2 heteroatoms. The lowest BCUT2D eigenvalue weighted by Crippen LogP contribution is -1.97. The molecule has 0 aliphatic rings. The molecule has 0 aliphatic heterocycles. The predicted molar refractivity (Wildman–Crippen MR) is 55.1 cm³/mol. The summed E-state index contributed by atoms with van der Waals surface area (Å²) in [6.45, 7) is 9.48. The Morgan fingerprint density at radius 1 is 1.23 bits per heavy atom. The van der Waals surface area contributed by atoms with Crippen LogP contribution in [0, 0.1) is 13.8 Å². The second-order valence-electron chi connectivity index (χ2n) is 2.71. The quantitative estimate of drug-likeness (QED) is 0.620. The molecule has 0 atom stereocenters. The second-order valence-corrected chi connectivity index (χ2v) is 2.71. The van der Waals surface area contributed by atoms with Gasteiger partial charge < -0.3 is 0 Å². The SMILES string of the molecule is CC.CC(=O)c1cc(C)c(C)cn1. The first-order chi connectivity index (χ1) is 6.11. The molecule has 72 valence electrons. The zero-order valence-corrected chi connectivity index (χ0v) is 9.01. The third-order valence-electron chi connectivity index (χ3n) is 1.73. The van der Waals surface area contributed by atoms with Crippen LogP contribution >= 0.6 is 0 Å². The summed E-state index contributed by atoms with van der Waals surface area (Å²) >= 11 is 0. The van der Waals surface area contributed by atoms with E-state index in [1.54, 1.807) is 6.20 Å². The molecular weight excluding hydrogens is 162 g/mol. The number of aryl methyl sites for hydroxylation is 2. The molecule has 2 nitrogen and oxygen atoms in total.